The number of ether oxygens (including phenoxy) is 2. The molecule has 24 heavy (non-hydrogen) atoms. The Kier molecular flexibility index (Phi) is 4.35. The predicted molar refractivity (Wildman–Crippen MR) is 79.8 cm³/mol. The highest BCUT2D eigenvalue weighted by atomic mass is 19.4. The van der Waals surface area contributed by atoms with Gasteiger partial charge < -0.3 is 18.9 Å². The summed E-state index contributed by atoms with van der Waals surface area (Å²) in [6, 6.07) is 0. The third kappa shape index (κ3) is 2.69. The van der Waals surface area contributed by atoms with Gasteiger partial charge in [0.1, 0.15) is 6.33 Å². The van der Waals surface area contributed by atoms with E-state index in [1.165, 1.54) is 6.33 Å². The van der Waals surface area contributed by atoms with E-state index >= 15 is 0 Å². The molecule has 0 N–H and O–H groups in total. The molecule has 1 unspecified atom stereocenters. The van der Waals surface area contributed by atoms with E-state index < -0.39 is 11.8 Å². The maximum atomic E-state index is 13.3. The first-order valence-corrected chi connectivity index (χ1v) is 7.43. The van der Waals surface area contributed by atoms with Crippen LogP contribution in [-0.4, -0.2) is 65.2 Å². The van der Waals surface area contributed by atoms with E-state index in [-0.39, 0.29) is 19.5 Å². The summed E-state index contributed by atoms with van der Waals surface area (Å²) < 4.78 is 51.7. The molecule has 3 rings (SSSR count). The molecule has 0 saturated carbocycles. The van der Waals surface area contributed by atoms with Crippen LogP contribution in [0.3, 0.4) is 0 Å². The van der Waals surface area contributed by atoms with E-state index in [9.17, 15) is 13.2 Å². The zero-order valence-electron chi connectivity index (χ0n) is 13.4. The quantitative estimate of drug-likeness (QED) is 0.821. The lowest BCUT2D eigenvalue weighted by atomic mass is 10.0. The van der Waals surface area contributed by atoms with Gasteiger partial charge in [0.15, 0.2) is 22.6 Å². The first-order valence-electron chi connectivity index (χ1n) is 7.43. The van der Waals surface area contributed by atoms with Crippen LogP contribution in [0.2, 0.25) is 0 Å². The Morgan fingerprint density at radius 2 is 2.04 bits per heavy atom. The van der Waals surface area contributed by atoms with Crippen LogP contribution in [0.4, 0.5) is 19.0 Å². The summed E-state index contributed by atoms with van der Waals surface area (Å²) in [5.74, 6) is 0.388. The van der Waals surface area contributed by atoms with E-state index in [0.29, 0.717) is 30.1 Å². The van der Waals surface area contributed by atoms with Gasteiger partial charge in [0.05, 0.1) is 19.5 Å². The molecular formula is C14H18F3N5O2. The van der Waals surface area contributed by atoms with E-state index in [2.05, 4.69) is 15.0 Å². The van der Waals surface area contributed by atoms with Gasteiger partial charge in [-0.05, 0) is 0 Å². The molecule has 132 valence electrons. The highest BCUT2D eigenvalue weighted by Crippen LogP contribution is 2.42. The van der Waals surface area contributed by atoms with E-state index in [1.807, 2.05) is 0 Å². The molecule has 0 amide bonds. The minimum Gasteiger partial charge on any atom is -0.383 e. The molecule has 1 saturated heterocycles. The molecule has 7 nitrogen and oxygen atoms in total. The maximum Gasteiger partial charge on any atom is 0.419 e. The summed E-state index contributed by atoms with van der Waals surface area (Å²) >= 11 is 0. The number of hydrogen-bond acceptors (Lipinski definition) is 6. The normalized spacial score (nSPS) is 21.8. The van der Waals surface area contributed by atoms with Crippen molar-refractivity contribution in [2.24, 2.45) is 0 Å². The molecule has 0 aromatic carbocycles. The Labute approximate surface area is 136 Å². The Morgan fingerprint density at radius 1 is 1.25 bits per heavy atom. The van der Waals surface area contributed by atoms with Gasteiger partial charge in [-0.15, -0.1) is 0 Å². The Morgan fingerprint density at radius 3 is 2.67 bits per heavy atom. The molecule has 0 aliphatic carbocycles. The number of halogens is 3. The van der Waals surface area contributed by atoms with Gasteiger partial charge >= 0.3 is 6.18 Å². The number of alkyl halides is 3. The summed E-state index contributed by atoms with van der Waals surface area (Å²) in [7, 11) is 2.68. The highest BCUT2D eigenvalue weighted by molar-refractivity contribution is 5.83. The highest BCUT2D eigenvalue weighted by Gasteiger charge is 2.59. The van der Waals surface area contributed by atoms with Crippen LogP contribution in [0.5, 0.6) is 0 Å². The predicted octanol–water partition coefficient (Wildman–Crippen LogP) is 1.63. The number of aromatic nitrogens is 4. The maximum absolute atomic E-state index is 13.3. The average Bonchev–Trinajstić information content (AvgIpc) is 3.17. The third-order valence-corrected chi connectivity index (χ3v) is 4.36. The minimum atomic E-state index is -4.44. The number of imidazole rings is 1. The lowest BCUT2D eigenvalue weighted by Crippen LogP contribution is -2.49. The molecule has 2 aromatic rings. The number of hydrogen-bond donors (Lipinski definition) is 0. The Hall–Kier alpha value is -1.94. The summed E-state index contributed by atoms with van der Waals surface area (Å²) in [5.41, 5.74) is -1.13. The standard InChI is InChI=1S/C14H18F3N5O2/c1-23-6-5-22-9-20-10-11(18-8-19-12(10)22)21-4-3-13(7-21,24-2)14(15,16)17/h8-9H,3-7H2,1-2H3. The van der Waals surface area contributed by atoms with Crippen LogP contribution in [0, 0.1) is 0 Å². The number of methoxy groups -OCH3 is 2. The van der Waals surface area contributed by atoms with Gasteiger partial charge in [0.2, 0.25) is 0 Å². The summed E-state index contributed by atoms with van der Waals surface area (Å²) in [5, 5.41) is 0. The number of anilines is 1. The molecule has 1 aliphatic heterocycles. The summed E-state index contributed by atoms with van der Waals surface area (Å²) in [6.45, 7) is 0.901. The molecule has 1 atom stereocenters. The van der Waals surface area contributed by atoms with Crippen molar-refractivity contribution in [1.82, 2.24) is 19.5 Å². The van der Waals surface area contributed by atoms with Crippen LogP contribution in [0.1, 0.15) is 6.42 Å². The van der Waals surface area contributed by atoms with Crippen LogP contribution >= 0.6 is 0 Å². The number of rotatable bonds is 5. The Bertz CT molecular complexity index is 720. The second-order valence-corrected chi connectivity index (χ2v) is 5.67. The van der Waals surface area contributed by atoms with Crippen molar-refractivity contribution in [3.05, 3.63) is 12.7 Å². The molecule has 3 heterocycles. The Balaban J connectivity index is 1.92. The van der Waals surface area contributed by atoms with Crippen LogP contribution in [-0.2, 0) is 16.0 Å². The molecule has 0 bridgehead atoms. The van der Waals surface area contributed by atoms with Gasteiger partial charge in [-0.25, -0.2) is 15.0 Å². The van der Waals surface area contributed by atoms with Crippen molar-refractivity contribution in [2.75, 3.05) is 38.8 Å². The fourth-order valence-corrected chi connectivity index (χ4v) is 2.93. The van der Waals surface area contributed by atoms with Crippen molar-refractivity contribution in [3.63, 3.8) is 0 Å². The summed E-state index contributed by atoms with van der Waals surface area (Å²) in [4.78, 5) is 14.2. The zero-order chi connectivity index (χ0) is 17.4. The SMILES string of the molecule is COCCn1cnc2c(N3CCC(OC)(C(F)(F)F)C3)ncnc21. The first-order chi connectivity index (χ1) is 11.4. The minimum absolute atomic E-state index is 0.150. The molecule has 2 aromatic heterocycles. The second kappa shape index (κ2) is 6.17. The fraction of sp³-hybridized carbons (Fsp3) is 0.643. The van der Waals surface area contributed by atoms with Gasteiger partial charge in [0.25, 0.3) is 0 Å². The average molecular weight is 345 g/mol. The van der Waals surface area contributed by atoms with Crippen LogP contribution in [0.25, 0.3) is 11.2 Å². The monoisotopic (exact) mass is 345 g/mol. The van der Waals surface area contributed by atoms with Gasteiger partial charge in [-0.2, -0.15) is 13.2 Å². The lowest BCUT2D eigenvalue weighted by Gasteiger charge is -2.30. The second-order valence-electron chi connectivity index (χ2n) is 5.67. The molecule has 0 radical (unpaired) electrons. The summed E-state index contributed by atoms with van der Waals surface area (Å²) in [6.07, 6.45) is -1.67. The number of fused-ring (bicyclic) bond motifs is 1. The van der Waals surface area contributed by atoms with E-state index in [1.54, 1.807) is 22.9 Å². The zero-order valence-corrected chi connectivity index (χ0v) is 13.4. The van der Waals surface area contributed by atoms with Gasteiger partial charge in [0, 0.05) is 33.7 Å². The van der Waals surface area contributed by atoms with Crippen molar-refractivity contribution >= 4 is 17.0 Å². The lowest BCUT2D eigenvalue weighted by molar-refractivity contribution is -0.260. The fourth-order valence-electron chi connectivity index (χ4n) is 2.93. The van der Waals surface area contributed by atoms with Crippen molar-refractivity contribution in [2.45, 2.75) is 24.7 Å². The first kappa shape index (κ1) is 16.9. The largest absolute Gasteiger partial charge is 0.419 e. The molecule has 10 heteroatoms. The van der Waals surface area contributed by atoms with Gasteiger partial charge in [-0.1, -0.05) is 0 Å². The van der Waals surface area contributed by atoms with Gasteiger partial charge in [-0.3, -0.25) is 0 Å². The smallest absolute Gasteiger partial charge is 0.383 e. The molecule has 1 aliphatic rings. The topological polar surface area (TPSA) is 65.3 Å². The van der Waals surface area contributed by atoms with E-state index in [0.717, 1.165) is 7.11 Å². The van der Waals surface area contributed by atoms with Crippen molar-refractivity contribution in [1.29, 1.82) is 0 Å². The van der Waals surface area contributed by atoms with Crippen LogP contribution in [0.15, 0.2) is 12.7 Å². The van der Waals surface area contributed by atoms with Crippen LogP contribution < -0.4 is 4.90 Å². The van der Waals surface area contributed by atoms with E-state index in [4.69, 9.17) is 9.47 Å². The molecular weight excluding hydrogens is 327 g/mol. The van der Waals surface area contributed by atoms with Crippen molar-refractivity contribution in [3.8, 4) is 0 Å². The third-order valence-electron chi connectivity index (χ3n) is 4.36. The number of nitrogens with zero attached hydrogens (tertiary/aromatic N) is 5. The molecule has 1 fully saturated rings. The van der Waals surface area contributed by atoms with Crippen molar-refractivity contribution < 1.29 is 22.6 Å². The molecule has 0 spiro atoms.